The third kappa shape index (κ3) is 2.57. The van der Waals surface area contributed by atoms with Crippen LogP contribution in [-0.4, -0.2) is 0 Å². The number of benzene rings is 5. The zero-order chi connectivity index (χ0) is 19.9. The van der Waals surface area contributed by atoms with Gasteiger partial charge in [-0.3, -0.25) is 0 Å². The fourth-order valence-electron chi connectivity index (χ4n) is 4.53. The molecular weight excluding hydrogens is 360 g/mol. The highest BCUT2D eigenvalue weighted by atomic mass is 14.3. The van der Waals surface area contributed by atoms with Gasteiger partial charge in [-0.25, -0.2) is 0 Å². The van der Waals surface area contributed by atoms with E-state index < -0.39 is 0 Å². The average Bonchev–Trinajstić information content (AvgIpc) is 3.16. The SMILES string of the molecule is C(#Cc1cc(-c2ccccc2)c2cccc3c2c1-c1ccccc1-3)c1ccccc1. The van der Waals surface area contributed by atoms with Crippen LogP contribution in [0.4, 0.5) is 0 Å². The Bertz CT molecular complexity index is 1460. The van der Waals surface area contributed by atoms with Crippen LogP contribution >= 0.6 is 0 Å². The minimum atomic E-state index is 1.03. The summed E-state index contributed by atoms with van der Waals surface area (Å²) in [5, 5.41) is 2.60. The van der Waals surface area contributed by atoms with E-state index in [0.29, 0.717) is 0 Å². The van der Waals surface area contributed by atoms with E-state index in [4.69, 9.17) is 0 Å². The van der Waals surface area contributed by atoms with Gasteiger partial charge in [0, 0.05) is 16.7 Å². The van der Waals surface area contributed by atoms with E-state index in [2.05, 4.69) is 103 Å². The smallest absolute Gasteiger partial charge is 0.0340 e. The van der Waals surface area contributed by atoms with Crippen LogP contribution in [-0.2, 0) is 0 Å². The van der Waals surface area contributed by atoms with Crippen LogP contribution in [0.5, 0.6) is 0 Å². The summed E-state index contributed by atoms with van der Waals surface area (Å²) in [6.45, 7) is 0. The van der Waals surface area contributed by atoms with Crippen molar-refractivity contribution in [1.29, 1.82) is 0 Å². The summed E-state index contributed by atoms with van der Waals surface area (Å²) in [5.74, 6) is 6.89. The molecule has 1 aliphatic rings. The lowest BCUT2D eigenvalue weighted by Gasteiger charge is -2.12. The maximum Gasteiger partial charge on any atom is 0.0340 e. The molecule has 5 aromatic carbocycles. The molecule has 138 valence electrons. The van der Waals surface area contributed by atoms with E-state index in [0.717, 1.165) is 11.1 Å². The minimum Gasteiger partial charge on any atom is -0.0622 e. The van der Waals surface area contributed by atoms with Gasteiger partial charge in [0.25, 0.3) is 0 Å². The number of fused-ring (bicyclic) bond motifs is 3. The first-order valence-corrected chi connectivity index (χ1v) is 10.2. The second-order valence-electron chi connectivity index (χ2n) is 7.60. The van der Waals surface area contributed by atoms with Gasteiger partial charge in [0.2, 0.25) is 0 Å². The third-order valence-electron chi connectivity index (χ3n) is 5.85. The number of rotatable bonds is 1. The highest BCUT2D eigenvalue weighted by Crippen LogP contribution is 2.50. The van der Waals surface area contributed by atoms with Crippen LogP contribution in [0.15, 0.2) is 109 Å². The van der Waals surface area contributed by atoms with Gasteiger partial charge in [-0.1, -0.05) is 103 Å². The molecule has 0 atom stereocenters. The first-order valence-electron chi connectivity index (χ1n) is 10.2. The lowest BCUT2D eigenvalue weighted by molar-refractivity contribution is 1.62. The summed E-state index contributed by atoms with van der Waals surface area (Å²) in [4.78, 5) is 0. The summed E-state index contributed by atoms with van der Waals surface area (Å²) in [6, 6.07) is 38.5. The van der Waals surface area contributed by atoms with Crippen LogP contribution in [0.2, 0.25) is 0 Å². The quantitative estimate of drug-likeness (QED) is 0.259. The van der Waals surface area contributed by atoms with Crippen molar-refractivity contribution in [2.75, 3.05) is 0 Å². The monoisotopic (exact) mass is 378 g/mol. The topological polar surface area (TPSA) is 0 Å². The van der Waals surface area contributed by atoms with E-state index in [1.165, 1.54) is 44.2 Å². The first-order chi connectivity index (χ1) is 14.9. The van der Waals surface area contributed by atoms with Crippen molar-refractivity contribution in [3.8, 4) is 45.2 Å². The molecule has 0 nitrogen and oxygen atoms in total. The fourth-order valence-corrected chi connectivity index (χ4v) is 4.53. The van der Waals surface area contributed by atoms with E-state index in [1.54, 1.807) is 0 Å². The Morgan fingerprint density at radius 2 is 1.13 bits per heavy atom. The van der Waals surface area contributed by atoms with E-state index >= 15 is 0 Å². The molecule has 0 amide bonds. The molecule has 0 saturated carbocycles. The molecule has 0 heteroatoms. The van der Waals surface area contributed by atoms with Crippen molar-refractivity contribution in [2.24, 2.45) is 0 Å². The largest absolute Gasteiger partial charge is 0.0622 e. The molecule has 30 heavy (non-hydrogen) atoms. The Labute approximate surface area is 176 Å². The lowest BCUT2D eigenvalue weighted by Crippen LogP contribution is -1.89. The molecule has 0 bridgehead atoms. The van der Waals surface area contributed by atoms with Crippen LogP contribution in [0.3, 0.4) is 0 Å². The number of hydrogen-bond acceptors (Lipinski definition) is 0. The summed E-state index contributed by atoms with van der Waals surface area (Å²) in [7, 11) is 0. The summed E-state index contributed by atoms with van der Waals surface area (Å²) < 4.78 is 0. The minimum absolute atomic E-state index is 1.03. The van der Waals surface area contributed by atoms with Gasteiger partial charge in [-0.05, 0) is 56.8 Å². The predicted octanol–water partition coefficient (Wildman–Crippen LogP) is 7.55. The van der Waals surface area contributed by atoms with Gasteiger partial charge in [0.1, 0.15) is 0 Å². The van der Waals surface area contributed by atoms with Crippen molar-refractivity contribution < 1.29 is 0 Å². The van der Waals surface area contributed by atoms with E-state index in [1.807, 2.05) is 18.2 Å². The Balaban J connectivity index is 1.71. The van der Waals surface area contributed by atoms with Gasteiger partial charge in [-0.15, -0.1) is 0 Å². The molecule has 6 rings (SSSR count). The van der Waals surface area contributed by atoms with Crippen molar-refractivity contribution in [1.82, 2.24) is 0 Å². The van der Waals surface area contributed by atoms with Crippen molar-refractivity contribution in [3.05, 3.63) is 120 Å². The Hall–Kier alpha value is -4.08. The second kappa shape index (κ2) is 6.76. The van der Waals surface area contributed by atoms with Gasteiger partial charge >= 0.3 is 0 Å². The summed E-state index contributed by atoms with van der Waals surface area (Å²) >= 11 is 0. The first kappa shape index (κ1) is 16.8. The second-order valence-corrected chi connectivity index (χ2v) is 7.60. The molecule has 0 heterocycles. The summed E-state index contributed by atoms with van der Waals surface area (Å²) in [6.07, 6.45) is 0. The van der Waals surface area contributed by atoms with Crippen molar-refractivity contribution in [3.63, 3.8) is 0 Å². The van der Waals surface area contributed by atoms with Gasteiger partial charge in [-0.2, -0.15) is 0 Å². The molecule has 1 aliphatic carbocycles. The van der Waals surface area contributed by atoms with Crippen LogP contribution < -0.4 is 0 Å². The van der Waals surface area contributed by atoms with Gasteiger partial charge < -0.3 is 0 Å². The summed E-state index contributed by atoms with van der Waals surface area (Å²) in [5.41, 5.74) is 9.72. The van der Waals surface area contributed by atoms with E-state index in [9.17, 15) is 0 Å². The Kier molecular flexibility index (Phi) is 3.79. The highest BCUT2D eigenvalue weighted by molar-refractivity contribution is 6.20. The maximum absolute atomic E-state index is 3.51. The molecule has 0 radical (unpaired) electrons. The molecule has 5 aromatic rings. The molecule has 0 spiro atoms. The van der Waals surface area contributed by atoms with Crippen molar-refractivity contribution >= 4 is 10.8 Å². The van der Waals surface area contributed by atoms with Crippen molar-refractivity contribution in [2.45, 2.75) is 0 Å². The molecule has 0 unspecified atom stereocenters. The van der Waals surface area contributed by atoms with Gasteiger partial charge in [0.15, 0.2) is 0 Å². The fraction of sp³-hybridized carbons (Fsp3) is 0. The third-order valence-corrected chi connectivity index (χ3v) is 5.85. The molecular formula is C30H18. The van der Waals surface area contributed by atoms with E-state index in [-0.39, 0.29) is 0 Å². The molecule has 0 N–H and O–H groups in total. The predicted molar refractivity (Wildman–Crippen MR) is 126 cm³/mol. The highest BCUT2D eigenvalue weighted by Gasteiger charge is 2.25. The number of hydrogen-bond donors (Lipinski definition) is 0. The Morgan fingerprint density at radius 1 is 0.467 bits per heavy atom. The maximum atomic E-state index is 3.51. The van der Waals surface area contributed by atoms with Crippen LogP contribution in [0.25, 0.3) is 44.2 Å². The van der Waals surface area contributed by atoms with Crippen LogP contribution in [0, 0.1) is 11.8 Å². The molecule has 0 fully saturated rings. The van der Waals surface area contributed by atoms with Gasteiger partial charge in [0.05, 0.1) is 0 Å². The molecule has 0 saturated heterocycles. The zero-order valence-corrected chi connectivity index (χ0v) is 16.4. The zero-order valence-electron chi connectivity index (χ0n) is 16.4. The average molecular weight is 378 g/mol. The molecule has 0 aromatic heterocycles. The lowest BCUT2D eigenvalue weighted by atomic mass is 9.90. The molecule has 0 aliphatic heterocycles. The standard InChI is InChI=1S/C30H18/c1-3-10-21(11-4-1)18-19-23-20-28(22-12-5-2-6-13-22)27-17-9-16-26-24-14-7-8-15-25(24)29(23)30(26)27/h1-17,20H. The normalized spacial score (nSPS) is 11.1. The Morgan fingerprint density at radius 3 is 1.93 bits per heavy atom. The van der Waals surface area contributed by atoms with Crippen LogP contribution in [0.1, 0.15) is 11.1 Å².